The first kappa shape index (κ1) is 20.4. The molecule has 0 aliphatic carbocycles. The number of aromatic nitrogens is 4. The number of hydrogen-bond acceptors (Lipinski definition) is 6. The maximum atomic E-state index is 11.2. The fourth-order valence-electron chi connectivity index (χ4n) is 4.77. The van der Waals surface area contributed by atoms with Crippen molar-refractivity contribution in [2.45, 2.75) is 18.4 Å². The summed E-state index contributed by atoms with van der Waals surface area (Å²) in [6, 6.07) is 20.5. The summed E-state index contributed by atoms with van der Waals surface area (Å²) in [5, 5.41) is 30.2. The summed E-state index contributed by atoms with van der Waals surface area (Å²) in [5.41, 5.74) is 4.13. The molecule has 9 heteroatoms. The lowest BCUT2D eigenvalue weighted by molar-refractivity contribution is -0.384. The Hall–Kier alpha value is -4.24. The summed E-state index contributed by atoms with van der Waals surface area (Å²) in [6.45, 7) is 1.48. The van der Waals surface area contributed by atoms with E-state index >= 15 is 0 Å². The third kappa shape index (κ3) is 3.37. The van der Waals surface area contributed by atoms with E-state index in [1.807, 2.05) is 42.5 Å². The molecule has 34 heavy (non-hydrogen) atoms. The van der Waals surface area contributed by atoms with Crippen LogP contribution in [0.5, 0.6) is 0 Å². The van der Waals surface area contributed by atoms with E-state index < -0.39 is 10.5 Å². The first-order valence-corrected chi connectivity index (χ1v) is 11.2. The van der Waals surface area contributed by atoms with Crippen molar-refractivity contribution >= 4 is 33.3 Å². The predicted molar refractivity (Wildman–Crippen MR) is 130 cm³/mol. The van der Waals surface area contributed by atoms with Crippen LogP contribution in [-0.4, -0.2) is 43.3 Å². The van der Waals surface area contributed by atoms with E-state index in [4.69, 9.17) is 0 Å². The van der Waals surface area contributed by atoms with Crippen LogP contribution in [0, 0.1) is 10.1 Å². The lowest BCUT2D eigenvalue weighted by Gasteiger charge is -2.39. The van der Waals surface area contributed by atoms with E-state index in [9.17, 15) is 15.2 Å². The summed E-state index contributed by atoms with van der Waals surface area (Å²) in [6.07, 6.45) is 1.31. The Balaban J connectivity index is 1.28. The molecule has 3 N–H and O–H groups in total. The topological polar surface area (TPSA) is 124 Å². The molecule has 2 aromatic heterocycles. The first-order chi connectivity index (χ1) is 16.5. The van der Waals surface area contributed by atoms with Crippen molar-refractivity contribution in [1.82, 2.24) is 20.2 Å². The number of benzene rings is 3. The number of nitrogens with zero attached hydrogens (tertiary/aromatic N) is 4. The van der Waals surface area contributed by atoms with Crippen LogP contribution in [0.4, 0.5) is 11.4 Å². The number of hydrogen-bond donors (Lipinski definition) is 3. The Morgan fingerprint density at radius 2 is 1.79 bits per heavy atom. The van der Waals surface area contributed by atoms with Crippen molar-refractivity contribution in [2.75, 3.05) is 18.0 Å². The number of non-ortho nitro benzene ring substituents is 1. The van der Waals surface area contributed by atoms with E-state index in [1.165, 1.54) is 12.1 Å². The van der Waals surface area contributed by atoms with E-state index in [0.717, 1.165) is 35.4 Å². The standard InChI is InChI=1S/C25H22N6O3/c32-25(16-4-2-1-3-5-16)10-12-30(13-11-25)17-6-9-21-22(15-17)27-24(26-21)23-19-14-18(31(33)34)7-8-20(19)28-29-23/h1-9,14-15,32H,10-13H2,(H,26,27)(H,28,29). The van der Waals surface area contributed by atoms with Gasteiger partial charge in [0.05, 0.1) is 27.1 Å². The molecule has 0 radical (unpaired) electrons. The first-order valence-electron chi connectivity index (χ1n) is 11.2. The van der Waals surface area contributed by atoms with Gasteiger partial charge in [-0.05, 0) is 42.7 Å². The van der Waals surface area contributed by atoms with Crippen LogP contribution in [0.2, 0.25) is 0 Å². The second-order valence-corrected chi connectivity index (χ2v) is 8.73. The van der Waals surface area contributed by atoms with E-state index in [2.05, 4.69) is 31.1 Å². The molecule has 6 rings (SSSR count). The van der Waals surface area contributed by atoms with Crippen molar-refractivity contribution in [3.05, 3.63) is 82.4 Å². The molecule has 1 fully saturated rings. The second-order valence-electron chi connectivity index (χ2n) is 8.73. The van der Waals surface area contributed by atoms with Gasteiger partial charge in [0.1, 0.15) is 5.69 Å². The molecule has 0 spiro atoms. The third-order valence-electron chi connectivity index (χ3n) is 6.71. The minimum absolute atomic E-state index is 0.00843. The summed E-state index contributed by atoms with van der Waals surface area (Å²) in [7, 11) is 0. The maximum Gasteiger partial charge on any atom is 0.270 e. The number of aromatic amines is 2. The Morgan fingerprint density at radius 1 is 1.00 bits per heavy atom. The number of fused-ring (bicyclic) bond motifs is 2. The van der Waals surface area contributed by atoms with Crippen LogP contribution in [-0.2, 0) is 5.60 Å². The third-order valence-corrected chi connectivity index (χ3v) is 6.71. The highest BCUT2D eigenvalue weighted by Gasteiger charge is 2.34. The SMILES string of the molecule is O=[N+]([O-])c1ccc2[nH]nc(-c3nc4ccc(N5CCC(O)(c6ccccc6)CC5)cc4[nH]3)c2c1. The molecule has 1 aliphatic heterocycles. The van der Waals surface area contributed by atoms with Gasteiger partial charge in [-0.25, -0.2) is 4.98 Å². The highest BCUT2D eigenvalue weighted by atomic mass is 16.6. The Labute approximate surface area is 194 Å². The summed E-state index contributed by atoms with van der Waals surface area (Å²) in [4.78, 5) is 21.0. The second kappa shape index (κ2) is 7.67. The van der Waals surface area contributed by atoms with Gasteiger partial charge in [-0.2, -0.15) is 5.10 Å². The minimum atomic E-state index is -0.799. The molecule has 9 nitrogen and oxygen atoms in total. The van der Waals surface area contributed by atoms with Gasteiger partial charge in [-0.1, -0.05) is 30.3 Å². The van der Waals surface area contributed by atoms with Gasteiger partial charge in [0, 0.05) is 36.3 Å². The molecule has 1 aliphatic rings. The zero-order valence-electron chi connectivity index (χ0n) is 18.2. The lowest BCUT2D eigenvalue weighted by Crippen LogP contribution is -2.42. The minimum Gasteiger partial charge on any atom is -0.385 e. The molecule has 0 bridgehead atoms. The molecule has 170 valence electrons. The fourth-order valence-corrected chi connectivity index (χ4v) is 4.77. The van der Waals surface area contributed by atoms with Crippen molar-refractivity contribution in [3.63, 3.8) is 0 Å². The maximum absolute atomic E-state index is 11.2. The lowest BCUT2D eigenvalue weighted by atomic mass is 9.84. The van der Waals surface area contributed by atoms with Crippen LogP contribution in [0.3, 0.4) is 0 Å². The molecule has 0 amide bonds. The summed E-state index contributed by atoms with van der Waals surface area (Å²) in [5.74, 6) is 0.552. The van der Waals surface area contributed by atoms with E-state index in [-0.39, 0.29) is 5.69 Å². The van der Waals surface area contributed by atoms with Gasteiger partial charge >= 0.3 is 0 Å². The highest BCUT2D eigenvalue weighted by molar-refractivity contribution is 5.94. The van der Waals surface area contributed by atoms with E-state index in [1.54, 1.807) is 6.07 Å². The molecule has 0 atom stereocenters. The molecule has 1 saturated heterocycles. The van der Waals surface area contributed by atoms with Crippen LogP contribution in [0.25, 0.3) is 33.5 Å². The highest BCUT2D eigenvalue weighted by Crippen LogP contribution is 2.35. The van der Waals surface area contributed by atoms with Crippen LogP contribution >= 0.6 is 0 Å². The average Bonchev–Trinajstić information content (AvgIpc) is 3.48. The van der Waals surface area contributed by atoms with Crippen molar-refractivity contribution in [1.29, 1.82) is 0 Å². The smallest absolute Gasteiger partial charge is 0.270 e. The molecule has 3 aromatic carbocycles. The molecule has 0 saturated carbocycles. The van der Waals surface area contributed by atoms with Gasteiger partial charge in [-0.3, -0.25) is 15.2 Å². The number of nitro groups is 1. The van der Waals surface area contributed by atoms with E-state index in [0.29, 0.717) is 35.3 Å². The number of H-pyrrole nitrogens is 2. The summed E-state index contributed by atoms with van der Waals surface area (Å²) < 4.78 is 0. The van der Waals surface area contributed by atoms with Crippen LogP contribution in [0.1, 0.15) is 18.4 Å². The molecular formula is C25H22N6O3. The molecule has 0 unspecified atom stereocenters. The van der Waals surface area contributed by atoms with Crippen LogP contribution in [0.15, 0.2) is 66.7 Å². The summed E-state index contributed by atoms with van der Waals surface area (Å²) >= 11 is 0. The largest absolute Gasteiger partial charge is 0.385 e. The normalized spacial score (nSPS) is 15.7. The zero-order valence-corrected chi connectivity index (χ0v) is 18.2. The van der Waals surface area contributed by atoms with Gasteiger partial charge < -0.3 is 15.0 Å². The Bertz CT molecular complexity index is 1520. The number of piperidine rings is 1. The number of anilines is 1. The average molecular weight is 454 g/mol. The zero-order chi connectivity index (χ0) is 23.3. The molecule has 3 heterocycles. The van der Waals surface area contributed by atoms with Crippen molar-refractivity contribution in [2.24, 2.45) is 0 Å². The van der Waals surface area contributed by atoms with Crippen molar-refractivity contribution < 1.29 is 10.0 Å². The Morgan fingerprint density at radius 3 is 2.56 bits per heavy atom. The van der Waals surface area contributed by atoms with Gasteiger partial charge in [0.2, 0.25) is 0 Å². The van der Waals surface area contributed by atoms with Crippen molar-refractivity contribution in [3.8, 4) is 11.5 Å². The number of rotatable bonds is 4. The Kier molecular flexibility index (Phi) is 4.59. The van der Waals surface area contributed by atoms with Gasteiger partial charge in [0.25, 0.3) is 5.69 Å². The fraction of sp³-hybridized carbons (Fsp3) is 0.200. The number of imidazole rings is 1. The van der Waals surface area contributed by atoms with Crippen LogP contribution < -0.4 is 4.90 Å². The number of nitrogens with one attached hydrogen (secondary N) is 2. The quantitative estimate of drug-likeness (QED) is 0.271. The van der Waals surface area contributed by atoms with Gasteiger partial charge in [0.15, 0.2) is 5.82 Å². The molecular weight excluding hydrogens is 432 g/mol. The monoisotopic (exact) mass is 454 g/mol. The number of nitro benzene ring substituents is 1. The predicted octanol–water partition coefficient (Wildman–Crippen LogP) is 4.50. The van der Waals surface area contributed by atoms with Gasteiger partial charge in [-0.15, -0.1) is 0 Å². The number of aliphatic hydroxyl groups is 1. The molecule has 5 aromatic rings.